The van der Waals surface area contributed by atoms with Gasteiger partial charge in [-0.2, -0.15) is 5.10 Å². The van der Waals surface area contributed by atoms with Crippen LogP contribution in [0, 0.1) is 0 Å². The van der Waals surface area contributed by atoms with Gasteiger partial charge >= 0.3 is 0 Å². The highest BCUT2D eigenvalue weighted by atomic mass is 16.3. The molecule has 1 atom stereocenters. The van der Waals surface area contributed by atoms with Gasteiger partial charge in [-0.3, -0.25) is 10.00 Å². The summed E-state index contributed by atoms with van der Waals surface area (Å²) in [5.41, 5.74) is -0.764. The smallest absolute Gasteiger partial charge is 0.153 e. The molecule has 3 heterocycles. The molecule has 1 unspecified atom stereocenters. The zero-order chi connectivity index (χ0) is 16.4. The van der Waals surface area contributed by atoms with Crippen molar-refractivity contribution >= 4 is 0 Å². The van der Waals surface area contributed by atoms with Gasteiger partial charge in [-0.15, -0.1) is 10.2 Å². The highest BCUT2D eigenvalue weighted by molar-refractivity contribution is 5.00. The number of nitrogens with zero attached hydrogens (tertiary/aromatic N) is 6. The van der Waals surface area contributed by atoms with E-state index in [0.29, 0.717) is 25.4 Å². The lowest BCUT2D eigenvalue weighted by Gasteiger charge is -2.38. The Balaban J connectivity index is 1.64. The van der Waals surface area contributed by atoms with Crippen LogP contribution in [0.4, 0.5) is 0 Å². The molecule has 0 spiro atoms. The van der Waals surface area contributed by atoms with Crippen LogP contribution in [0.3, 0.4) is 0 Å². The van der Waals surface area contributed by atoms with E-state index in [1.165, 1.54) is 0 Å². The average molecular weight is 319 g/mol. The predicted octanol–water partition coefficient (Wildman–Crippen LogP) is 0.626. The third-order valence-electron chi connectivity index (χ3n) is 4.37. The van der Waals surface area contributed by atoms with Crippen molar-refractivity contribution in [2.45, 2.75) is 51.2 Å². The highest BCUT2D eigenvalue weighted by Crippen LogP contribution is 2.25. The maximum Gasteiger partial charge on any atom is 0.153 e. The second kappa shape index (κ2) is 6.37. The van der Waals surface area contributed by atoms with Crippen LogP contribution < -0.4 is 0 Å². The van der Waals surface area contributed by atoms with Gasteiger partial charge < -0.3 is 9.67 Å². The van der Waals surface area contributed by atoms with E-state index < -0.39 is 5.60 Å². The topological polar surface area (TPSA) is 95.8 Å². The van der Waals surface area contributed by atoms with E-state index in [0.717, 1.165) is 36.9 Å². The summed E-state index contributed by atoms with van der Waals surface area (Å²) in [4.78, 5) is 6.75. The minimum Gasteiger partial charge on any atom is -0.388 e. The van der Waals surface area contributed by atoms with Crippen molar-refractivity contribution in [3.8, 4) is 0 Å². The number of aromatic nitrogens is 6. The second-order valence-corrected chi connectivity index (χ2v) is 6.87. The molecule has 0 saturated carbocycles. The van der Waals surface area contributed by atoms with Gasteiger partial charge in [0.15, 0.2) is 5.82 Å². The minimum absolute atomic E-state index is 0.314. The van der Waals surface area contributed by atoms with Crippen molar-refractivity contribution < 1.29 is 5.11 Å². The number of rotatable bonds is 5. The maximum absolute atomic E-state index is 10.9. The van der Waals surface area contributed by atoms with Crippen LogP contribution in [0.1, 0.15) is 50.1 Å². The lowest BCUT2D eigenvalue weighted by atomic mass is 9.89. The van der Waals surface area contributed by atoms with Gasteiger partial charge in [0.2, 0.25) is 0 Å². The third-order valence-corrected chi connectivity index (χ3v) is 4.37. The molecular formula is C15H25N7O. The summed E-state index contributed by atoms with van der Waals surface area (Å²) in [7, 11) is 1.90. The van der Waals surface area contributed by atoms with E-state index in [1.54, 1.807) is 6.33 Å². The van der Waals surface area contributed by atoms with Gasteiger partial charge in [0, 0.05) is 25.9 Å². The Labute approximate surface area is 135 Å². The summed E-state index contributed by atoms with van der Waals surface area (Å²) in [6, 6.07) is 0. The number of H-pyrrole nitrogens is 1. The molecule has 0 aliphatic carbocycles. The monoisotopic (exact) mass is 319 g/mol. The Morgan fingerprint density at radius 3 is 2.91 bits per heavy atom. The Kier molecular flexibility index (Phi) is 4.45. The molecule has 2 aromatic heterocycles. The molecule has 126 valence electrons. The first-order valence-corrected chi connectivity index (χ1v) is 8.14. The summed E-state index contributed by atoms with van der Waals surface area (Å²) >= 11 is 0. The summed E-state index contributed by atoms with van der Waals surface area (Å²) in [5.74, 6) is 2.83. The number of hydrogen-bond donors (Lipinski definition) is 2. The van der Waals surface area contributed by atoms with E-state index in [1.807, 2.05) is 11.6 Å². The molecule has 2 N–H and O–H groups in total. The van der Waals surface area contributed by atoms with Crippen molar-refractivity contribution in [2.24, 2.45) is 7.05 Å². The number of nitrogens with one attached hydrogen (secondary N) is 1. The van der Waals surface area contributed by atoms with Gasteiger partial charge in [-0.1, -0.05) is 13.8 Å². The second-order valence-electron chi connectivity index (χ2n) is 6.87. The fourth-order valence-electron chi connectivity index (χ4n) is 3.10. The van der Waals surface area contributed by atoms with Crippen LogP contribution in [-0.2, 0) is 20.0 Å². The summed E-state index contributed by atoms with van der Waals surface area (Å²) in [6.07, 6.45) is 3.93. The van der Waals surface area contributed by atoms with Gasteiger partial charge in [0.1, 0.15) is 18.0 Å². The van der Waals surface area contributed by atoms with Crippen LogP contribution in [0.25, 0.3) is 0 Å². The van der Waals surface area contributed by atoms with Crippen LogP contribution in [-0.4, -0.2) is 58.6 Å². The fourth-order valence-corrected chi connectivity index (χ4v) is 3.10. The summed E-state index contributed by atoms with van der Waals surface area (Å²) in [5, 5.41) is 26.2. The molecule has 23 heavy (non-hydrogen) atoms. The number of likely N-dealkylation sites (tertiary alicyclic amines) is 1. The lowest BCUT2D eigenvalue weighted by Crippen LogP contribution is -2.49. The average Bonchev–Trinajstić information content (AvgIpc) is 3.09. The van der Waals surface area contributed by atoms with Crippen LogP contribution in [0.15, 0.2) is 6.33 Å². The van der Waals surface area contributed by atoms with Gasteiger partial charge in [0.25, 0.3) is 0 Å². The van der Waals surface area contributed by atoms with E-state index in [4.69, 9.17) is 0 Å². The molecule has 0 aromatic carbocycles. The molecule has 1 saturated heterocycles. The van der Waals surface area contributed by atoms with E-state index >= 15 is 0 Å². The summed E-state index contributed by atoms with van der Waals surface area (Å²) in [6.45, 7) is 6.40. The number of aryl methyl sites for hydroxylation is 1. The Hall–Kier alpha value is -1.80. The van der Waals surface area contributed by atoms with Gasteiger partial charge in [-0.05, 0) is 19.4 Å². The SMILES string of the molecule is CC(C)c1n[nH]c(CN2CCCC(O)(Cc3nncn3C)C2)n1. The minimum atomic E-state index is -0.764. The van der Waals surface area contributed by atoms with Crippen molar-refractivity contribution in [3.05, 3.63) is 23.8 Å². The first kappa shape index (κ1) is 16.1. The molecule has 0 amide bonds. The normalized spacial score (nSPS) is 22.8. The fraction of sp³-hybridized carbons (Fsp3) is 0.733. The summed E-state index contributed by atoms with van der Waals surface area (Å²) < 4.78 is 1.86. The van der Waals surface area contributed by atoms with Crippen molar-refractivity contribution in [1.29, 1.82) is 0 Å². The Bertz CT molecular complexity index is 650. The van der Waals surface area contributed by atoms with Crippen molar-refractivity contribution in [3.63, 3.8) is 0 Å². The van der Waals surface area contributed by atoms with E-state index in [2.05, 4.69) is 44.1 Å². The standard InChI is InChI=1S/C15H25N7O/c1-11(2)14-17-12(18-20-14)8-22-6-4-5-15(23,9-22)7-13-19-16-10-21(13)3/h10-11,23H,4-9H2,1-3H3,(H,17,18,20). The number of aliphatic hydroxyl groups is 1. The predicted molar refractivity (Wildman–Crippen MR) is 84.6 cm³/mol. The van der Waals surface area contributed by atoms with Crippen LogP contribution in [0.5, 0.6) is 0 Å². The number of β-amino-alcohol motifs (C(OH)–C–C–N with tert-alkyl or cyclic N) is 1. The molecule has 3 rings (SSSR count). The highest BCUT2D eigenvalue weighted by Gasteiger charge is 2.35. The van der Waals surface area contributed by atoms with Gasteiger partial charge in [-0.25, -0.2) is 4.98 Å². The molecule has 8 nitrogen and oxygen atoms in total. The van der Waals surface area contributed by atoms with E-state index in [9.17, 15) is 5.11 Å². The molecule has 0 bridgehead atoms. The van der Waals surface area contributed by atoms with Crippen molar-refractivity contribution in [1.82, 2.24) is 34.8 Å². The molecule has 1 aliphatic rings. The van der Waals surface area contributed by atoms with Crippen LogP contribution >= 0.6 is 0 Å². The Morgan fingerprint density at radius 1 is 1.43 bits per heavy atom. The Morgan fingerprint density at radius 2 is 2.26 bits per heavy atom. The molecule has 2 aromatic rings. The molecule has 0 radical (unpaired) electrons. The van der Waals surface area contributed by atoms with Gasteiger partial charge in [0.05, 0.1) is 12.1 Å². The molecular weight excluding hydrogens is 294 g/mol. The molecule has 8 heteroatoms. The zero-order valence-corrected chi connectivity index (χ0v) is 14.0. The number of piperidine rings is 1. The quantitative estimate of drug-likeness (QED) is 0.839. The first-order chi connectivity index (χ1) is 11.0. The van der Waals surface area contributed by atoms with Crippen molar-refractivity contribution in [2.75, 3.05) is 13.1 Å². The molecule has 1 fully saturated rings. The van der Waals surface area contributed by atoms with E-state index in [-0.39, 0.29) is 0 Å². The maximum atomic E-state index is 10.9. The zero-order valence-electron chi connectivity index (χ0n) is 14.0. The number of aromatic amines is 1. The number of hydrogen-bond acceptors (Lipinski definition) is 6. The third kappa shape index (κ3) is 3.76. The lowest BCUT2D eigenvalue weighted by molar-refractivity contribution is -0.0350. The molecule has 1 aliphatic heterocycles. The largest absolute Gasteiger partial charge is 0.388 e. The van der Waals surface area contributed by atoms with Crippen LogP contribution in [0.2, 0.25) is 0 Å². The first-order valence-electron chi connectivity index (χ1n) is 8.14.